The third kappa shape index (κ3) is 8.29. The van der Waals surface area contributed by atoms with E-state index in [2.05, 4.69) is 0 Å². The first-order valence-corrected chi connectivity index (χ1v) is 6.79. The molecule has 0 aliphatic carbocycles. The maximum atomic E-state index is 9.80. The van der Waals surface area contributed by atoms with Gasteiger partial charge in [0.1, 0.15) is 36.6 Å². The summed E-state index contributed by atoms with van der Waals surface area (Å²) in [6.45, 7) is -2.84. The molecule has 134 valence electrons. The number of ether oxygens (including phenoxy) is 2. The van der Waals surface area contributed by atoms with Gasteiger partial charge in [-0.25, -0.2) is 0 Å². The SMILES string of the molecule is OCC(O)COC[C@H](O)[C@@H](O)[C@H](O)[C@@H](CO)OCC(O)CO. The number of hydrogen-bond donors (Lipinski definition) is 8. The van der Waals surface area contributed by atoms with Crippen molar-refractivity contribution in [2.75, 3.05) is 39.6 Å². The molecule has 0 aliphatic rings. The molecule has 0 amide bonds. The van der Waals surface area contributed by atoms with Gasteiger partial charge in [0.2, 0.25) is 0 Å². The lowest BCUT2D eigenvalue weighted by atomic mass is 10.0. The van der Waals surface area contributed by atoms with Gasteiger partial charge in [0.25, 0.3) is 0 Å². The van der Waals surface area contributed by atoms with E-state index in [9.17, 15) is 15.3 Å². The van der Waals surface area contributed by atoms with E-state index in [1.54, 1.807) is 0 Å². The summed E-state index contributed by atoms with van der Waals surface area (Å²) < 4.78 is 9.78. The molecule has 0 aromatic carbocycles. The van der Waals surface area contributed by atoms with E-state index in [0.717, 1.165) is 0 Å². The summed E-state index contributed by atoms with van der Waals surface area (Å²) in [6.07, 6.45) is -8.52. The predicted octanol–water partition coefficient (Wildman–Crippen LogP) is -4.83. The lowest BCUT2D eigenvalue weighted by molar-refractivity contribution is -0.155. The van der Waals surface area contributed by atoms with Crippen molar-refractivity contribution in [3.05, 3.63) is 0 Å². The molecule has 0 aromatic heterocycles. The number of aliphatic hydroxyl groups excluding tert-OH is 8. The summed E-state index contributed by atoms with van der Waals surface area (Å²) in [5.74, 6) is 0. The average Bonchev–Trinajstić information content (AvgIpc) is 2.53. The van der Waals surface area contributed by atoms with Crippen molar-refractivity contribution >= 4 is 0 Å². The highest BCUT2D eigenvalue weighted by atomic mass is 16.5. The van der Waals surface area contributed by atoms with Crippen LogP contribution in [0.4, 0.5) is 0 Å². The summed E-state index contributed by atoms with van der Waals surface area (Å²) in [6, 6.07) is 0. The number of hydrogen-bond acceptors (Lipinski definition) is 10. The Morgan fingerprint density at radius 2 is 1.18 bits per heavy atom. The number of aliphatic hydroxyl groups is 8. The van der Waals surface area contributed by atoms with Crippen LogP contribution in [0.15, 0.2) is 0 Å². The minimum atomic E-state index is -1.71. The van der Waals surface area contributed by atoms with Gasteiger partial charge in [0, 0.05) is 0 Å². The fraction of sp³-hybridized carbons (Fsp3) is 1.00. The Balaban J connectivity index is 4.25. The lowest BCUT2D eigenvalue weighted by Crippen LogP contribution is -2.49. The first kappa shape index (κ1) is 21.6. The first-order chi connectivity index (χ1) is 10.4. The Morgan fingerprint density at radius 3 is 1.68 bits per heavy atom. The smallest absolute Gasteiger partial charge is 0.111 e. The van der Waals surface area contributed by atoms with Crippen molar-refractivity contribution in [1.29, 1.82) is 0 Å². The summed E-state index contributed by atoms with van der Waals surface area (Å²) >= 11 is 0. The molecule has 0 spiro atoms. The molecule has 0 fully saturated rings. The van der Waals surface area contributed by atoms with Crippen molar-refractivity contribution in [2.24, 2.45) is 0 Å². The van der Waals surface area contributed by atoms with Crippen LogP contribution in [-0.2, 0) is 9.47 Å². The molecule has 6 atom stereocenters. The summed E-state index contributed by atoms with van der Waals surface area (Å²) in [5, 5.41) is 73.6. The van der Waals surface area contributed by atoms with Crippen molar-refractivity contribution in [1.82, 2.24) is 0 Å². The quantitative estimate of drug-likeness (QED) is 0.163. The fourth-order valence-electron chi connectivity index (χ4n) is 1.47. The molecular formula is C12H26O10. The van der Waals surface area contributed by atoms with E-state index in [-0.39, 0.29) is 13.2 Å². The molecule has 0 saturated carbocycles. The lowest BCUT2D eigenvalue weighted by Gasteiger charge is -2.29. The standard InChI is InChI=1S/C12H26O10/c13-1-7(16)4-21-6-9(18)11(19)12(20)10(3-15)22-5-8(17)2-14/h7-20H,1-6H2/t7?,8?,9-,10+,11+,12+/m0/s1. The molecule has 10 nitrogen and oxygen atoms in total. The van der Waals surface area contributed by atoms with Gasteiger partial charge in [-0.05, 0) is 0 Å². The van der Waals surface area contributed by atoms with E-state index in [4.69, 9.17) is 35.0 Å². The van der Waals surface area contributed by atoms with Gasteiger partial charge in [-0.3, -0.25) is 0 Å². The average molecular weight is 330 g/mol. The van der Waals surface area contributed by atoms with Gasteiger partial charge >= 0.3 is 0 Å². The molecule has 22 heavy (non-hydrogen) atoms. The van der Waals surface area contributed by atoms with Crippen LogP contribution in [-0.4, -0.2) is 117 Å². The van der Waals surface area contributed by atoms with E-state index in [1.165, 1.54) is 0 Å². The van der Waals surface area contributed by atoms with E-state index in [1.807, 2.05) is 0 Å². The molecule has 0 saturated heterocycles. The molecule has 0 bridgehead atoms. The zero-order chi connectivity index (χ0) is 17.1. The van der Waals surface area contributed by atoms with Gasteiger partial charge in [0.15, 0.2) is 0 Å². The Kier molecular flexibility index (Phi) is 11.9. The van der Waals surface area contributed by atoms with Crippen LogP contribution >= 0.6 is 0 Å². The summed E-state index contributed by atoms with van der Waals surface area (Å²) in [7, 11) is 0. The highest BCUT2D eigenvalue weighted by Crippen LogP contribution is 2.09. The Morgan fingerprint density at radius 1 is 0.636 bits per heavy atom. The molecule has 0 radical (unpaired) electrons. The molecule has 0 rings (SSSR count). The van der Waals surface area contributed by atoms with Crippen molar-refractivity contribution in [2.45, 2.75) is 36.6 Å². The topological polar surface area (TPSA) is 180 Å². The van der Waals surface area contributed by atoms with Gasteiger partial charge in [0.05, 0.1) is 39.6 Å². The Bertz CT molecular complexity index is 266. The van der Waals surface area contributed by atoms with Crippen LogP contribution in [0, 0.1) is 0 Å². The zero-order valence-electron chi connectivity index (χ0n) is 12.1. The maximum absolute atomic E-state index is 9.80. The highest BCUT2D eigenvalue weighted by Gasteiger charge is 2.32. The third-order valence-electron chi connectivity index (χ3n) is 2.83. The summed E-state index contributed by atoms with van der Waals surface area (Å²) in [4.78, 5) is 0. The minimum Gasteiger partial charge on any atom is -0.394 e. The zero-order valence-corrected chi connectivity index (χ0v) is 12.1. The van der Waals surface area contributed by atoms with Crippen LogP contribution in [0.25, 0.3) is 0 Å². The van der Waals surface area contributed by atoms with E-state index < -0.39 is 63.1 Å². The number of rotatable bonds is 13. The van der Waals surface area contributed by atoms with Crippen LogP contribution in [0.5, 0.6) is 0 Å². The van der Waals surface area contributed by atoms with Gasteiger partial charge < -0.3 is 50.3 Å². The van der Waals surface area contributed by atoms with Gasteiger partial charge in [-0.1, -0.05) is 0 Å². The molecule has 0 aliphatic heterocycles. The summed E-state index contributed by atoms with van der Waals surface area (Å²) in [5.41, 5.74) is 0. The van der Waals surface area contributed by atoms with Gasteiger partial charge in [-0.2, -0.15) is 0 Å². The molecule has 2 unspecified atom stereocenters. The van der Waals surface area contributed by atoms with E-state index >= 15 is 0 Å². The Labute approximate surface area is 127 Å². The van der Waals surface area contributed by atoms with Gasteiger partial charge in [-0.15, -0.1) is 0 Å². The monoisotopic (exact) mass is 330 g/mol. The molecule has 8 N–H and O–H groups in total. The van der Waals surface area contributed by atoms with Crippen molar-refractivity contribution < 1.29 is 50.3 Å². The molecule has 0 heterocycles. The first-order valence-electron chi connectivity index (χ1n) is 6.79. The van der Waals surface area contributed by atoms with Crippen LogP contribution in [0.2, 0.25) is 0 Å². The molecule has 0 aromatic rings. The largest absolute Gasteiger partial charge is 0.394 e. The maximum Gasteiger partial charge on any atom is 0.111 e. The van der Waals surface area contributed by atoms with Crippen LogP contribution < -0.4 is 0 Å². The second-order valence-corrected chi connectivity index (χ2v) is 4.81. The fourth-order valence-corrected chi connectivity index (χ4v) is 1.47. The highest BCUT2D eigenvalue weighted by molar-refractivity contribution is 4.82. The molecule has 10 heteroatoms. The van der Waals surface area contributed by atoms with Crippen molar-refractivity contribution in [3.8, 4) is 0 Å². The van der Waals surface area contributed by atoms with Crippen molar-refractivity contribution in [3.63, 3.8) is 0 Å². The van der Waals surface area contributed by atoms with E-state index in [0.29, 0.717) is 0 Å². The third-order valence-corrected chi connectivity index (χ3v) is 2.83. The minimum absolute atomic E-state index is 0.265. The second-order valence-electron chi connectivity index (χ2n) is 4.81. The molecular weight excluding hydrogens is 304 g/mol. The normalized spacial score (nSPS) is 20.2. The van der Waals surface area contributed by atoms with Crippen LogP contribution in [0.1, 0.15) is 0 Å². The van der Waals surface area contributed by atoms with Crippen LogP contribution in [0.3, 0.4) is 0 Å². The second kappa shape index (κ2) is 12.1. The predicted molar refractivity (Wildman–Crippen MR) is 71.9 cm³/mol. The Hall–Kier alpha value is -0.400.